The Hall–Kier alpha value is -2.14. The summed E-state index contributed by atoms with van der Waals surface area (Å²) in [5.41, 5.74) is 2.28. The van der Waals surface area contributed by atoms with Crippen molar-refractivity contribution in [3.05, 3.63) is 65.2 Å². The molecule has 5 heteroatoms. The maximum absolute atomic E-state index is 12.5. The summed E-state index contributed by atoms with van der Waals surface area (Å²) in [5.74, 6) is -0.364. The van der Waals surface area contributed by atoms with Crippen LogP contribution in [0.5, 0.6) is 0 Å². The minimum atomic E-state index is -3.90. The van der Waals surface area contributed by atoms with Crippen LogP contribution in [0.4, 0.5) is 0 Å². The Morgan fingerprint density at radius 2 is 1.60 bits per heavy atom. The fourth-order valence-electron chi connectivity index (χ4n) is 2.41. The van der Waals surface area contributed by atoms with Gasteiger partial charge in [-0.1, -0.05) is 58.9 Å². The van der Waals surface area contributed by atoms with E-state index in [9.17, 15) is 13.2 Å². The zero-order valence-corrected chi connectivity index (χ0v) is 16.1. The number of hydrogen-bond acceptors (Lipinski definition) is 3. The number of benzene rings is 2. The van der Waals surface area contributed by atoms with Gasteiger partial charge in [0.2, 0.25) is 0 Å². The van der Waals surface area contributed by atoms with E-state index in [1.807, 2.05) is 19.9 Å². The number of rotatable bonds is 4. The van der Waals surface area contributed by atoms with E-state index in [0.29, 0.717) is 5.56 Å². The third-order valence-corrected chi connectivity index (χ3v) is 5.42. The highest BCUT2D eigenvalue weighted by atomic mass is 32.2. The van der Waals surface area contributed by atoms with Gasteiger partial charge in [-0.2, -0.15) is 0 Å². The summed E-state index contributed by atoms with van der Waals surface area (Å²) in [6.45, 7) is 10.2. The fraction of sp³-hybridized carbons (Fsp3) is 0.350. The molecule has 0 atom stereocenters. The Morgan fingerprint density at radius 3 is 2.12 bits per heavy atom. The summed E-state index contributed by atoms with van der Waals surface area (Å²) in [4.78, 5) is 12.4. The van der Waals surface area contributed by atoms with E-state index in [1.54, 1.807) is 30.3 Å². The van der Waals surface area contributed by atoms with Crippen LogP contribution in [-0.4, -0.2) is 14.3 Å². The number of nitrogens with one attached hydrogen (secondary N) is 1. The standard InChI is InChI=1S/C20H25NO3S/c1-14(2)15-7-6-8-16(13-15)19(22)21-25(23,24)18-11-9-17(10-12-18)20(3,4)5/h6-14H,1-5H3,(H,21,22). The molecule has 0 aliphatic carbocycles. The van der Waals surface area contributed by atoms with Crippen LogP contribution in [0.15, 0.2) is 53.4 Å². The second-order valence-electron chi connectivity index (χ2n) is 7.49. The van der Waals surface area contributed by atoms with Gasteiger partial charge in [0.1, 0.15) is 0 Å². The maximum Gasteiger partial charge on any atom is 0.265 e. The highest BCUT2D eigenvalue weighted by Gasteiger charge is 2.20. The van der Waals surface area contributed by atoms with E-state index in [4.69, 9.17) is 0 Å². The van der Waals surface area contributed by atoms with Crippen LogP contribution in [0.2, 0.25) is 0 Å². The van der Waals surface area contributed by atoms with E-state index in [1.165, 1.54) is 12.1 Å². The molecule has 0 fully saturated rings. The average Bonchev–Trinajstić information content (AvgIpc) is 2.54. The first kappa shape index (κ1) is 19.2. The molecule has 0 radical (unpaired) electrons. The summed E-state index contributed by atoms with van der Waals surface area (Å²) in [7, 11) is -3.90. The number of amides is 1. The molecule has 1 N–H and O–H groups in total. The van der Waals surface area contributed by atoms with Crippen molar-refractivity contribution in [2.75, 3.05) is 0 Å². The van der Waals surface area contributed by atoms with Gasteiger partial charge in [0.05, 0.1) is 4.90 Å². The second-order valence-corrected chi connectivity index (χ2v) is 9.17. The molecule has 134 valence electrons. The van der Waals surface area contributed by atoms with Gasteiger partial charge in [-0.3, -0.25) is 4.79 Å². The van der Waals surface area contributed by atoms with Gasteiger partial charge in [-0.05, 0) is 46.7 Å². The summed E-state index contributed by atoms with van der Waals surface area (Å²) in [5, 5.41) is 0. The van der Waals surface area contributed by atoms with Gasteiger partial charge in [0.25, 0.3) is 15.9 Å². The van der Waals surface area contributed by atoms with Gasteiger partial charge >= 0.3 is 0 Å². The van der Waals surface area contributed by atoms with Crippen LogP contribution in [0, 0.1) is 0 Å². The van der Waals surface area contributed by atoms with E-state index >= 15 is 0 Å². The van der Waals surface area contributed by atoms with Crippen LogP contribution in [0.25, 0.3) is 0 Å². The fourth-order valence-corrected chi connectivity index (χ4v) is 3.39. The Labute approximate surface area is 150 Å². The summed E-state index contributed by atoms with van der Waals surface area (Å²) < 4.78 is 27.1. The quantitative estimate of drug-likeness (QED) is 0.889. The molecule has 2 aromatic rings. The van der Waals surface area contributed by atoms with Crippen molar-refractivity contribution >= 4 is 15.9 Å². The molecule has 1 amide bonds. The first-order valence-electron chi connectivity index (χ1n) is 8.28. The van der Waals surface area contributed by atoms with E-state index in [0.717, 1.165) is 11.1 Å². The Balaban J connectivity index is 2.23. The van der Waals surface area contributed by atoms with Crippen molar-refractivity contribution in [1.82, 2.24) is 4.72 Å². The number of carbonyl (C=O) groups is 1. The minimum Gasteiger partial charge on any atom is -0.268 e. The van der Waals surface area contributed by atoms with E-state index in [2.05, 4.69) is 25.5 Å². The molecule has 0 saturated carbocycles. The van der Waals surface area contributed by atoms with Gasteiger partial charge in [-0.25, -0.2) is 13.1 Å². The van der Waals surface area contributed by atoms with Crippen molar-refractivity contribution in [2.45, 2.75) is 50.8 Å². The van der Waals surface area contributed by atoms with Crippen molar-refractivity contribution in [3.8, 4) is 0 Å². The summed E-state index contributed by atoms with van der Waals surface area (Å²) in [6.07, 6.45) is 0. The predicted octanol–water partition coefficient (Wildman–Crippen LogP) is 4.23. The third-order valence-electron chi connectivity index (χ3n) is 4.07. The lowest BCUT2D eigenvalue weighted by Crippen LogP contribution is -2.30. The number of hydrogen-bond donors (Lipinski definition) is 1. The molecule has 0 aliphatic heterocycles. The largest absolute Gasteiger partial charge is 0.268 e. The predicted molar refractivity (Wildman–Crippen MR) is 100 cm³/mol. The Kier molecular flexibility index (Phi) is 5.37. The van der Waals surface area contributed by atoms with Crippen LogP contribution >= 0.6 is 0 Å². The molecule has 25 heavy (non-hydrogen) atoms. The number of carbonyl (C=O) groups excluding carboxylic acids is 1. The normalized spacial score (nSPS) is 12.2. The highest BCUT2D eigenvalue weighted by molar-refractivity contribution is 7.90. The molecule has 0 aromatic heterocycles. The van der Waals surface area contributed by atoms with E-state index in [-0.39, 0.29) is 16.2 Å². The van der Waals surface area contributed by atoms with Gasteiger partial charge in [0, 0.05) is 5.56 Å². The van der Waals surface area contributed by atoms with Crippen LogP contribution in [0.3, 0.4) is 0 Å². The Morgan fingerprint density at radius 1 is 1.00 bits per heavy atom. The number of sulfonamides is 1. The van der Waals surface area contributed by atoms with Gasteiger partial charge < -0.3 is 0 Å². The van der Waals surface area contributed by atoms with Crippen molar-refractivity contribution in [3.63, 3.8) is 0 Å². The lowest BCUT2D eigenvalue weighted by Gasteiger charge is -2.19. The molecule has 0 saturated heterocycles. The monoisotopic (exact) mass is 359 g/mol. The van der Waals surface area contributed by atoms with Crippen molar-refractivity contribution < 1.29 is 13.2 Å². The molecule has 0 aliphatic rings. The van der Waals surface area contributed by atoms with Crippen LogP contribution in [-0.2, 0) is 15.4 Å². The van der Waals surface area contributed by atoms with E-state index < -0.39 is 15.9 Å². The maximum atomic E-state index is 12.5. The highest BCUT2D eigenvalue weighted by Crippen LogP contribution is 2.23. The topological polar surface area (TPSA) is 63.2 Å². The SMILES string of the molecule is CC(C)c1cccc(C(=O)NS(=O)(=O)c2ccc(C(C)(C)C)cc2)c1. The third kappa shape index (κ3) is 4.69. The van der Waals surface area contributed by atoms with Crippen molar-refractivity contribution in [2.24, 2.45) is 0 Å². The molecule has 0 bridgehead atoms. The molecule has 2 aromatic carbocycles. The lowest BCUT2D eigenvalue weighted by atomic mass is 9.87. The Bertz CT molecular complexity index is 861. The molecule has 0 spiro atoms. The smallest absolute Gasteiger partial charge is 0.265 e. The zero-order valence-electron chi connectivity index (χ0n) is 15.3. The van der Waals surface area contributed by atoms with Crippen LogP contribution < -0.4 is 4.72 Å². The first-order valence-corrected chi connectivity index (χ1v) is 9.76. The van der Waals surface area contributed by atoms with Gasteiger partial charge in [0.15, 0.2) is 0 Å². The molecular formula is C20H25NO3S. The second kappa shape index (κ2) is 7.00. The minimum absolute atomic E-state index is 0.0666. The molecule has 2 rings (SSSR count). The molecule has 0 unspecified atom stereocenters. The lowest BCUT2D eigenvalue weighted by molar-refractivity contribution is 0.0981. The summed E-state index contributed by atoms with van der Waals surface area (Å²) in [6, 6.07) is 13.6. The van der Waals surface area contributed by atoms with Gasteiger partial charge in [-0.15, -0.1) is 0 Å². The molecule has 0 heterocycles. The molecule has 4 nitrogen and oxygen atoms in total. The molecular weight excluding hydrogens is 334 g/mol. The van der Waals surface area contributed by atoms with Crippen LogP contribution in [0.1, 0.15) is 62.0 Å². The summed E-state index contributed by atoms with van der Waals surface area (Å²) >= 11 is 0. The average molecular weight is 359 g/mol. The first-order chi connectivity index (χ1) is 11.5. The zero-order chi connectivity index (χ0) is 18.8. The van der Waals surface area contributed by atoms with Crippen molar-refractivity contribution in [1.29, 1.82) is 0 Å².